The highest BCUT2D eigenvalue weighted by Gasteiger charge is 2.33. The molecule has 236 valence electrons. The normalized spacial score (nSPS) is 14.9. The summed E-state index contributed by atoms with van der Waals surface area (Å²) in [6, 6.07) is 19.5. The van der Waals surface area contributed by atoms with Crippen LogP contribution in [0.3, 0.4) is 0 Å². The van der Waals surface area contributed by atoms with E-state index in [2.05, 4.69) is 31.2 Å². The Kier molecular flexibility index (Phi) is 9.43. The molecule has 1 aliphatic rings. The molecule has 0 spiro atoms. The van der Waals surface area contributed by atoms with Crippen molar-refractivity contribution in [2.45, 2.75) is 39.0 Å². The summed E-state index contributed by atoms with van der Waals surface area (Å²) < 4.78 is 42.6. The van der Waals surface area contributed by atoms with Crippen LogP contribution in [0.2, 0.25) is 0 Å². The summed E-state index contributed by atoms with van der Waals surface area (Å²) in [5, 5.41) is 17.2. The molecule has 1 atom stereocenters. The first-order valence-corrected chi connectivity index (χ1v) is 15.1. The van der Waals surface area contributed by atoms with E-state index in [-0.39, 0.29) is 35.0 Å². The van der Waals surface area contributed by atoms with Crippen LogP contribution in [0.25, 0.3) is 17.1 Å². The monoisotopic (exact) mass is 647 g/mol. The first kappa shape index (κ1) is 32.2. The first-order chi connectivity index (χ1) is 21.9. The van der Waals surface area contributed by atoms with Gasteiger partial charge in [-0.3, -0.25) is 9.69 Å². The van der Waals surface area contributed by atoms with E-state index < -0.39 is 18.3 Å². The number of amides is 3. The molecule has 46 heavy (non-hydrogen) atoms. The van der Waals surface area contributed by atoms with Gasteiger partial charge in [-0.25, -0.2) is 14.5 Å². The van der Waals surface area contributed by atoms with Gasteiger partial charge in [-0.15, -0.1) is 18.3 Å². The number of nitrogens with one attached hydrogen (secondary N) is 1. The van der Waals surface area contributed by atoms with Crippen LogP contribution in [0, 0.1) is 18.3 Å². The molecule has 14 heteroatoms. The van der Waals surface area contributed by atoms with E-state index in [0.717, 1.165) is 11.1 Å². The number of carbonyl (C=O) groups is 2. The molecule has 1 aliphatic heterocycles. The van der Waals surface area contributed by atoms with Crippen molar-refractivity contribution in [2.75, 3.05) is 17.2 Å². The highest BCUT2D eigenvalue weighted by Crippen LogP contribution is 2.34. The second-order valence-electron chi connectivity index (χ2n) is 10.7. The number of aromatic nitrogens is 3. The molecule has 4 aromatic rings. The van der Waals surface area contributed by atoms with Crippen LogP contribution in [0.15, 0.2) is 78.0 Å². The van der Waals surface area contributed by atoms with Gasteiger partial charge >= 0.3 is 12.4 Å². The van der Waals surface area contributed by atoms with Crippen LogP contribution in [0.1, 0.15) is 42.4 Å². The maximum absolute atomic E-state index is 12.8. The summed E-state index contributed by atoms with van der Waals surface area (Å²) in [5.41, 5.74) is 4.43. The van der Waals surface area contributed by atoms with Gasteiger partial charge in [0, 0.05) is 12.1 Å². The fourth-order valence-corrected chi connectivity index (χ4v) is 5.61. The third-order valence-corrected chi connectivity index (χ3v) is 7.95. The van der Waals surface area contributed by atoms with Crippen molar-refractivity contribution >= 4 is 34.6 Å². The molecule has 1 unspecified atom stereocenters. The van der Waals surface area contributed by atoms with Crippen LogP contribution in [0.5, 0.6) is 5.75 Å². The highest BCUT2D eigenvalue weighted by atomic mass is 32.2. The molecule has 3 amide bonds. The Labute approximate surface area is 266 Å². The number of aliphatic imine (C=N–C) groups is 1. The number of hydrogen-bond acceptors (Lipinski definition) is 7. The average molecular weight is 648 g/mol. The van der Waals surface area contributed by atoms with Gasteiger partial charge in [-0.2, -0.15) is 10.3 Å². The number of ether oxygens (including phenoxy) is 1. The number of hydrogen-bond donors (Lipinski definition) is 1. The molecule has 2 heterocycles. The topological polar surface area (TPSA) is 126 Å². The Hall–Kier alpha value is -5.16. The van der Waals surface area contributed by atoms with Gasteiger partial charge in [0.2, 0.25) is 5.91 Å². The van der Waals surface area contributed by atoms with E-state index in [1.807, 2.05) is 39.0 Å². The minimum atomic E-state index is -4.78. The SMILES string of the molecule is Cc1ccc(C(C)C)c(N2C(=O)CS/C2=N\C(=O)NCC(C#N)c2ccc(-c3ncn(-c4ccc(OC(F)(F)F)cc4)n3)cc2)c1. The largest absolute Gasteiger partial charge is 0.573 e. The zero-order valence-electron chi connectivity index (χ0n) is 24.9. The third-order valence-electron chi connectivity index (χ3n) is 7.02. The van der Waals surface area contributed by atoms with Gasteiger partial charge in [0.15, 0.2) is 11.0 Å². The number of rotatable bonds is 8. The van der Waals surface area contributed by atoms with E-state index in [1.165, 1.54) is 51.9 Å². The number of thioether (sulfide) groups is 1. The Morgan fingerprint density at radius 3 is 2.50 bits per heavy atom. The van der Waals surface area contributed by atoms with E-state index in [0.29, 0.717) is 28.3 Å². The van der Waals surface area contributed by atoms with Gasteiger partial charge in [-0.1, -0.05) is 62.0 Å². The Morgan fingerprint density at radius 1 is 1.13 bits per heavy atom. The van der Waals surface area contributed by atoms with Crippen molar-refractivity contribution in [3.63, 3.8) is 0 Å². The number of carbonyl (C=O) groups excluding carboxylic acids is 2. The first-order valence-electron chi connectivity index (χ1n) is 14.1. The van der Waals surface area contributed by atoms with Gasteiger partial charge in [0.1, 0.15) is 12.1 Å². The molecule has 0 radical (unpaired) electrons. The van der Waals surface area contributed by atoms with Crippen molar-refractivity contribution in [1.29, 1.82) is 5.26 Å². The highest BCUT2D eigenvalue weighted by molar-refractivity contribution is 8.15. The predicted octanol–water partition coefficient (Wildman–Crippen LogP) is 6.72. The lowest BCUT2D eigenvalue weighted by molar-refractivity contribution is -0.274. The zero-order valence-corrected chi connectivity index (χ0v) is 25.8. The number of alkyl halides is 3. The smallest absolute Gasteiger partial charge is 0.406 e. The second kappa shape index (κ2) is 13.5. The van der Waals surface area contributed by atoms with Crippen molar-refractivity contribution in [3.05, 3.63) is 89.7 Å². The Balaban J connectivity index is 1.23. The summed E-state index contributed by atoms with van der Waals surface area (Å²) in [6.45, 7) is 6.00. The number of aryl methyl sites for hydroxylation is 1. The summed E-state index contributed by atoms with van der Waals surface area (Å²) in [7, 11) is 0. The van der Waals surface area contributed by atoms with Crippen molar-refractivity contribution in [2.24, 2.45) is 4.99 Å². The molecule has 0 aliphatic carbocycles. The van der Waals surface area contributed by atoms with Crippen molar-refractivity contribution < 1.29 is 27.5 Å². The number of halogens is 3. The number of benzene rings is 3. The predicted molar refractivity (Wildman–Crippen MR) is 168 cm³/mol. The van der Waals surface area contributed by atoms with E-state index in [4.69, 9.17) is 0 Å². The van der Waals surface area contributed by atoms with Crippen LogP contribution < -0.4 is 15.0 Å². The molecular weight excluding hydrogens is 619 g/mol. The summed E-state index contributed by atoms with van der Waals surface area (Å²) in [5.74, 6) is -0.504. The molecule has 3 aromatic carbocycles. The van der Waals surface area contributed by atoms with Crippen LogP contribution in [-0.4, -0.2) is 50.5 Å². The van der Waals surface area contributed by atoms with Gasteiger partial charge in [-0.05, 0) is 59.9 Å². The van der Waals surface area contributed by atoms with Gasteiger partial charge in [0.05, 0.1) is 29.1 Å². The lowest BCUT2D eigenvalue weighted by Gasteiger charge is -2.22. The Morgan fingerprint density at radius 2 is 1.85 bits per heavy atom. The standard InChI is InChI=1S/C32H28F3N7O3S/c1-19(2)26-13-4-20(3)14-27(26)42-28(43)17-46-31(42)39-30(44)37-16-23(15-36)21-5-7-22(8-6-21)29-38-18-41(40-29)24-9-11-25(12-10-24)45-32(33,34)35/h4-14,18-19,23H,16-17H2,1-3H3,(H,37,44)/b39-31-. The number of nitrogens with zero attached hydrogens (tertiary/aromatic N) is 6. The molecule has 10 nitrogen and oxygen atoms in total. The van der Waals surface area contributed by atoms with E-state index >= 15 is 0 Å². The molecule has 5 rings (SSSR count). The van der Waals surface area contributed by atoms with Crippen molar-refractivity contribution in [1.82, 2.24) is 20.1 Å². The number of urea groups is 1. The fraction of sp³-hybridized carbons (Fsp3) is 0.250. The maximum atomic E-state index is 12.8. The maximum Gasteiger partial charge on any atom is 0.573 e. The molecule has 0 bridgehead atoms. The third kappa shape index (κ3) is 7.55. The fourth-order valence-electron chi connectivity index (χ4n) is 4.76. The van der Waals surface area contributed by atoms with E-state index in [1.54, 1.807) is 24.3 Å². The molecule has 1 fully saturated rings. The van der Waals surface area contributed by atoms with E-state index in [9.17, 15) is 28.0 Å². The molecule has 1 saturated heterocycles. The number of anilines is 1. The van der Waals surface area contributed by atoms with Gasteiger partial charge in [0.25, 0.3) is 0 Å². The van der Waals surface area contributed by atoms with Crippen LogP contribution in [0.4, 0.5) is 23.7 Å². The van der Waals surface area contributed by atoms with Crippen molar-refractivity contribution in [3.8, 4) is 28.9 Å². The zero-order chi connectivity index (χ0) is 33.0. The lowest BCUT2D eigenvalue weighted by Crippen LogP contribution is -2.33. The number of nitriles is 1. The minimum absolute atomic E-state index is 0.00725. The van der Waals surface area contributed by atoms with Crippen LogP contribution in [-0.2, 0) is 4.79 Å². The second-order valence-corrected chi connectivity index (χ2v) is 11.6. The molecular formula is C32H28F3N7O3S. The van der Waals surface area contributed by atoms with Gasteiger partial charge < -0.3 is 10.1 Å². The average Bonchev–Trinajstić information content (AvgIpc) is 3.64. The summed E-state index contributed by atoms with van der Waals surface area (Å²) in [4.78, 5) is 35.6. The Bertz CT molecular complexity index is 1810. The minimum Gasteiger partial charge on any atom is -0.406 e. The number of amidine groups is 1. The lowest BCUT2D eigenvalue weighted by atomic mass is 9.99. The quantitative estimate of drug-likeness (QED) is 0.225. The molecule has 0 saturated carbocycles. The summed E-state index contributed by atoms with van der Waals surface area (Å²) >= 11 is 1.19. The summed E-state index contributed by atoms with van der Waals surface area (Å²) in [6.07, 6.45) is -3.35. The molecule has 1 aromatic heterocycles. The molecule has 1 N–H and O–H groups in total. The van der Waals surface area contributed by atoms with Crippen LogP contribution >= 0.6 is 11.8 Å².